The summed E-state index contributed by atoms with van der Waals surface area (Å²) in [5.74, 6) is -0.826. The normalized spacial score (nSPS) is 11.8. The Morgan fingerprint density at radius 1 is 1.00 bits per heavy atom. The van der Waals surface area contributed by atoms with E-state index < -0.39 is 5.97 Å². The minimum absolute atomic E-state index is 0.234. The van der Waals surface area contributed by atoms with Crippen LogP contribution in [0, 0.1) is 34.6 Å². The summed E-state index contributed by atoms with van der Waals surface area (Å²) in [6.45, 7) is 11.4. The molecule has 0 unspecified atom stereocenters. The number of rotatable bonds is 5. The highest BCUT2D eigenvalue weighted by Crippen LogP contribution is 2.26. The second kappa shape index (κ2) is 8.57. The molecule has 4 nitrogen and oxygen atoms in total. The van der Waals surface area contributed by atoms with Crippen molar-refractivity contribution in [3.63, 3.8) is 0 Å². The Balaban J connectivity index is 2.05. The van der Waals surface area contributed by atoms with Gasteiger partial charge in [-0.1, -0.05) is 23.7 Å². The lowest BCUT2D eigenvalue weighted by atomic mass is 9.90. The first-order valence-electron chi connectivity index (χ1n) is 8.92. The summed E-state index contributed by atoms with van der Waals surface area (Å²) in [5, 5.41) is 3.42. The number of hydrogen-bond donors (Lipinski definition) is 1. The fraction of sp³-hybridized carbons (Fsp3) is 0.364. The van der Waals surface area contributed by atoms with Gasteiger partial charge in [-0.05, 0) is 87.1 Å². The summed E-state index contributed by atoms with van der Waals surface area (Å²) < 4.78 is 5.28. The third-order valence-corrected chi connectivity index (χ3v) is 5.50. The molecule has 0 aromatic heterocycles. The van der Waals surface area contributed by atoms with E-state index in [1.54, 1.807) is 12.1 Å². The molecule has 2 aromatic rings. The van der Waals surface area contributed by atoms with Gasteiger partial charge in [0.2, 0.25) is 0 Å². The summed E-state index contributed by atoms with van der Waals surface area (Å²) in [5.41, 5.74) is 6.55. The zero-order valence-electron chi connectivity index (χ0n) is 16.7. The first kappa shape index (κ1) is 21.0. The molecular formula is C22H26ClNO3. The van der Waals surface area contributed by atoms with Crippen molar-refractivity contribution in [2.75, 3.05) is 6.61 Å². The number of hydrogen-bond acceptors (Lipinski definition) is 3. The molecule has 2 aromatic carbocycles. The third kappa shape index (κ3) is 4.69. The molecule has 0 aliphatic heterocycles. The van der Waals surface area contributed by atoms with Gasteiger partial charge in [0.25, 0.3) is 5.91 Å². The van der Waals surface area contributed by atoms with E-state index in [4.69, 9.17) is 16.3 Å². The lowest BCUT2D eigenvalue weighted by Gasteiger charge is -2.18. The summed E-state index contributed by atoms with van der Waals surface area (Å²) in [4.78, 5) is 24.8. The number of esters is 1. The summed E-state index contributed by atoms with van der Waals surface area (Å²) in [7, 11) is 0. The van der Waals surface area contributed by atoms with Gasteiger partial charge in [0.1, 0.15) is 0 Å². The Hall–Kier alpha value is -2.33. The van der Waals surface area contributed by atoms with E-state index in [1.807, 2.05) is 53.7 Å². The maximum Gasteiger partial charge on any atom is 0.339 e. The molecule has 1 amide bonds. The average Bonchev–Trinajstić information content (AvgIpc) is 2.63. The zero-order chi connectivity index (χ0) is 20.3. The van der Waals surface area contributed by atoms with E-state index in [0.29, 0.717) is 10.6 Å². The smallest absolute Gasteiger partial charge is 0.339 e. The highest BCUT2D eigenvalue weighted by atomic mass is 35.5. The third-order valence-electron chi connectivity index (χ3n) is 5.26. The molecule has 0 heterocycles. The van der Waals surface area contributed by atoms with Crippen LogP contribution in [0.5, 0.6) is 0 Å². The van der Waals surface area contributed by atoms with E-state index >= 15 is 0 Å². The van der Waals surface area contributed by atoms with Crippen LogP contribution in [0.1, 0.15) is 56.7 Å². The van der Waals surface area contributed by atoms with Crippen LogP contribution in [0.4, 0.5) is 0 Å². The number of carbonyl (C=O) groups excluding carboxylic acids is 2. The Morgan fingerprint density at radius 2 is 1.56 bits per heavy atom. The van der Waals surface area contributed by atoms with Crippen LogP contribution in [-0.2, 0) is 9.53 Å². The van der Waals surface area contributed by atoms with E-state index in [9.17, 15) is 9.59 Å². The highest BCUT2D eigenvalue weighted by Gasteiger charge is 2.20. The quantitative estimate of drug-likeness (QED) is 0.741. The summed E-state index contributed by atoms with van der Waals surface area (Å²) in [6, 6.07) is 7.05. The molecule has 0 radical (unpaired) electrons. The Bertz CT molecular complexity index is 860. The lowest BCUT2D eigenvalue weighted by molar-refractivity contribution is -0.124. The minimum Gasteiger partial charge on any atom is -0.452 e. The molecule has 144 valence electrons. The molecule has 0 saturated carbocycles. The van der Waals surface area contributed by atoms with Crippen LogP contribution in [0.15, 0.2) is 24.3 Å². The standard InChI is InChI=1S/C22H26ClNO3/c1-12-13(2)15(4)21(16(5)14(12)3)22(26)27-11-20(25)24-17(6)18-8-7-9-19(23)10-18/h7-10,17H,11H2,1-6H3,(H,24,25)/t17-/m0/s1. The van der Waals surface area contributed by atoms with Gasteiger partial charge in [-0.15, -0.1) is 0 Å². The van der Waals surface area contributed by atoms with Crippen LogP contribution in [0.2, 0.25) is 5.02 Å². The van der Waals surface area contributed by atoms with Crippen molar-refractivity contribution in [1.29, 1.82) is 0 Å². The van der Waals surface area contributed by atoms with Gasteiger partial charge in [0.15, 0.2) is 6.61 Å². The van der Waals surface area contributed by atoms with Gasteiger partial charge in [0.05, 0.1) is 11.6 Å². The number of benzene rings is 2. The summed E-state index contributed by atoms with van der Waals surface area (Å²) in [6.07, 6.45) is 0. The number of nitrogens with one attached hydrogen (secondary N) is 1. The largest absolute Gasteiger partial charge is 0.452 e. The van der Waals surface area contributed by atoms with E-state index in [-0.39, 0.29) is 18.6 Å². The van der Waals surface area contributed by atoms with Crippen molar-refractivity contribution in [3.8, 4) is 0 Å². The Morgan fingerprint density at radius 3 is 2.11 bits per heavy atom. The van der Waals surface area contributed by atoms with Crippen LogP contribution in [0.3, 0.4) is 0 Å². The van der Waals surface area contributed by atoms with Gasteiger partial charge in [-0.2, -0.15) is 0 Å². The minimum atomic E-state index is -0.471. The van der Waals surface area contributed by atoms with Gasteiger partial charge in [-0.3, -0.25) is 4.79 Å². The molecule has 0 aliphatic carbocycles. The Kier molecular flexibility index (Phi) is 6.66. The number of carbonyl (C=O) groups is 2. The van der Waals surface area contributed by atoms with Crippen LogP contribution in [-0.4, -0.2) is 18.5 Å². The molecule has 2 rings (SSSR count). The molecule has 0 bridgehead atoms. The first-order chi connectivity index (χ1) is 12.6. The fourth-order valence-corrected chi connectivity index (χ4v) is 3.35. The van der Waals surface area contributed by atoms with Crippen molar-refractivity contribution in [1.82, 2.24) is 5.32 Å². The molecular weight excluding hydrogens is 362 g/mol. The first-order valence-corrected chi connectivity index (χ1v) is 9.30. The topological polar surface area (TPSA) is 55.4 Å². The van der Waals surface area contributed by atoms with Gasteiger partial charge < -0.3 is 10.1 Å². The molecule has 1 atom stereocenters. The van der Waals surface area contributed by atoms with Crippen molar-refractivity contribution in [2.45, 2.75) is 47.6 Å². The second-order valence-corrected chi connectivity index (χ2v) is 7.36. The molecule has 0 aliphatic rings. The van der Waals surface area contributed by atoms with E-state index in [0.717, 1.165) is 27.8 Å². The second-order valence-electron chi connectivity index (χ2n) is 6.92. The van der Waals surface area contributed by atoms with Gasteiger partial charge in [-0.25, -0.2) is 4.79 Å². The van der Waals surface area contributed by atoms with Gasteiger partial charge in [0, 0.05) is 5.02 Å². The van der Waals surface area contributed by atoms with Crippen molar-refractivity contribution in [3.05, 3.63) is 68.2 Å². The number of ether oxygens (including phenoxy) is 1. The monoisotopic (exact) mass is 387 g/mol. The molecule has 1 N–H and O–H groups in total. The lowest BCUT2D eigenvalue weighted by Crippen LogP contribution is -2.31. The summed E-state index contributed by atoms with van der Waals surface area (Å²) >= 11 is 5.98. The Labute approximate surface area is 165 Å². The maximum atomic E-state index is 12.6. The fourth-order valence-electron chi connectivity index (χ4n) is 3.15. The molecule has 0 spiro atoms. The van der Waals surface area contributed by atoms with E-state index in [2.05, 4.69) is 5.32 Å². The molecule has 27 heavy (non-hydrogen) atoms. The van der Waals surface area contributed by atoms with E-state index in [1.165, 1.54) is 5.56 Å². The zero-order valence-corrected chi connectivity index (χ0v) is 17.5. The van der Waals surface area contributed by atoms with Crippen LogP contribution in [0.25, 0.3) is 0 Å². The molecule has 5 heteroatoms. The van der Waals surface area contributed by atoms with Crippen molar-refractivity contribution < 1.29 is 14.3 Å². The van der Waals surface area contributed by atoms with Crippen LogP contribution < -0.4 is 5.32 Å². The SMILES string of the molecule is Cc1c(C)c(C)c(C(=O)OCC(=O)N[C@@H](C)c2cccc(Cl)c2)c(C)c1C. The number of halogens is 1. The van der Waals surface area contributed by atoms with Crippen molar-refractivity contribution >= 4 is 23.5 Å². The van der Waals surface area contributed by atoms with Gasteiger partial charge >= 0.3 is 5.97 Å². The highest BCUT2D eigenvalue weighted by molar-refractivity contribution is 6.30. The van der Waals surface area contributed by atoms with Crippen LogP contribution >= 0.6 is 11.6 Å². The maximum absolute atomic E-state index is 12.6. The molecule has 0 fully saturated rings. The predicted molar refractivity (Wildman–Crippen MR) is 108 cm³/mol. The number of amides is 1. The van der Waals surface area contributed by atoms with Crippen molar-refractivity contribution in [2.24, 2.45) is 0 Å². The average molecular weight is 388 g/mol. The predicted octanol–water partition coefficient (Wildman–Crippen LogP) is 4.92. The molecule has 0 saturated heterocycles.